The Labute approximate surface area is 226 Å². The van der Waals surface area contributed by atoms with Crippen LogP contribution >= 0.6 is 11.3 Å². The number of hydrogen-bond acceptors (Lipinski definition) is 8. The van der Waals surface area contributed by atoms with Gasteiger partial charge in [-0.25, -0.2) is 4.79 Å². The first kappa shape index (κ1) is 25.7. The average Bonchev–Trinajstić information content (AvgIpc) is 3.61. The first-order valence-electron chi connectivity index (χ1n) is 11.9. The van der Waals surface area contributed by atoms with Gasteiger partial charge in [0.15, 0.2) is 10.9 Å². The lowest BCUT2D eigenvalue weighted by Gasteiger charge is -2.26. The zero-order valence-corrected chi connectivity index (χ0v) is 22.0. The molecule has 0 unspecified atom stereocenters. The monoisotopic (exact) mass is 544 g/mol. The summed E-state index contributed by atoms with van der Waals surface area (Å²) in [4.78, 5) is 39.0. The molecule has 0 aliphatic carbocycles. The van der Waals surface area contributed by atoms with Crippen LogP contribution in [0.4, 0.5) is 16.3 Å². The Morgan fingerprint density at radius 3 is 2.44 bits per heavy atom. The van der Waals surface area contributed by atoms with E-state index in [0.717, 1.165) is 5.56 Å². The summed E-state index contributed by atoms with van der Waals surface area (Å²) in [6.07, 6.45) is 0.700. The molecule has 0 aliphatic rings. The molecule has 3 heterocycles. The number of rotatable bonds is 7. The fourth-order valence-electron chi connectivity index (χ4n) is 3.91. The van der Waals surface area contributed by atoms with E-state index in [-0.39, 0.29) is 16.9 Å². The molecule has 5 aromatic rings. The molecule has 0 saturated heterocycles. The zero-order chi connectivity index (χ0) is 27.6. The van der Waals surface area contributed by atoms with E-state index in [9.17, 15) is 14.4 Å². The normalized spacial score (nSPS) is 11.3. The van der Waals surface area contributed by atoms with Crippen molar-refractivity contribution in [3.63, 3.8) is 0 Å². The third kappa shape index (κ3) is 5.50. The third-order valence-corrected chi connectivity index (χ3v) is 6.90. The molecule has 0 aliphatic heterocycles. The molecule has 3 amide bonds. The van der Waals surface area contributed by atoms with Crippen molar-refractivity contribution in [2.24, 2.45) is 0 Å². The summed E-state index contributed by atoms with van der Waals surface area (Å²) in [5, 5.41) is 19.9. The lowest BCUT2D eigenvalue weighted by atomic mass is 9.95. The molecule has 0 radical (unpaired) electrons. The van der Waals surface area contributed by atoms with Crippen molar-refractivity contribution in [3.8, 4) is 5.06 Å². The second kappa shape index (κ2) is 10.4. The predicted octanol–water partition coefficient (Wildman–Crippen LogP) is 5.45. The molecule has 0 saturated carbocycles. The molecule has 2 aromatic carbocycles. The highest BCUT2D eigenvalue weighted by Gasteiger charge is 2.25. The number of ether oxygens (including phenoxy) is 1. The van der Waals surface area contributed by atoms with Crippen molar-refractivity contribution in [3.05, 3.63) is 89.3 Å². The van der Waals surface area contributed by atoms with Crippen LogP contribution in [0.2, 0.25) is 0 Å². The largest absolute Gasteiger partial charge is 0.414 e. The molecule has 0 fully saturated rings. The smallest absolute Gasteiger partial charge is 0.399 e. The van der Waals surface area contributed by atoms with Gasteiger partial charge in [0, 0.05) is 6.07 Å². The number of H-pyrrole nitrogens is 1. The maximum absolute atomic E-state index is 13.1. The maximum atomic E-state index is 13.1. The highest BCUT2D eigenvalue weighted by atomic mass is 32.1. The molecule has 3 aromatic heterocycles. The van der Waals surface area contributed by atoms with Crippen molar-refractivity contribution in [2.45, 2.75) is 26.3 Å². The van der Waals surface area contributed by atoms with Crippen LogP contribution in [-0.2, 0) is 5.54 Å². The lowest BCUT2D eigenvalue weighted by molar-refractivity contribution is 0.102. The van der Waals surface area contributed by atoms with Gasteiger partial charge in [0.05, 0.1) is 28.4 Å². The summed E-state index contributed by atoms with van der Waals surface area (Å²) >= 11 is 1.18. The number of para-hydroxylation sites is 1. The second-order valence-electron chi connectivity index (χ2n) is 9.14. The van der Waals surface area contributed by atoms with Crippen LogP contribution in [-0.4, -0.2) is 33.3 Å². The zero-order valence-electron chi connectivity index (χ0n) is 21.2. The molecule has 0 bridgehead atoms. The molecular formula is C27H24N6O5S. The van der Waals surface area contributed by atoms with Gasteiger partial charge in [-0.1, -0.05) is 59.0 Å². The van der Waals surface area contributed by atoms with Crippen molar-refractivity contribution in [1.29, 1.82) is 0 Å². The van der Waals surface area contributed by atoms with Crippen LogP contribution < -0.4 is 20.7 Å². The van der Waals surface area contributed by atoms with Crippen LogP contribution in [0.25, 0.3) is 10.2 Å². The van der Waals surface area contributed by atoms with Crippen molar-refractivity contribution >= 4 is 51.0 Å². The summed E-state index contributed by atoms with van der Waals surface area (Å²) in [6.45, 7) is 5.39. The third-order valence-electron chi connectivity index (χ3n) is 5.98. The van der Waals surface area contributed by atoms with E-state index in [2.05, 4.69) is 31.3 Å². The maximum Gasteiger partial charge on any atom is 0.414 e. The summed E-state index contributed by atoms with van der Waals surface area (Å²) in [7, 11) is 0. The Kier molecular flexibility index (Phi) is 6.86. The van der Waals surface area contributed by atoms with E-state index in [1.807, 2.05) is 44.2 Å². The Morgan fingerprint density at radius 2 is 1.69 bits per heavy atom. The van der Waals surface area contributed by atoms with E-state index in [1.54, 1.807) is 37.3 Å². The van der Waals surface area contributed by atoms with Gasteiger partial charge < -0.3 is 25.2 Å². The molecule has 11 nitrogen and oxygen atoms in total. The van der Waals surface area contributed by atoms with E-state index < -0.39 is 23.4 Å². The van der Waals surface area contributed by atoms with E-state index in [4.69, 9.17) is 9.26 Å². The van der Waals surface area contributed by atoms with Crippen LogP contribution in [0.1, 0.15) is 45.9 Å². The second-order valence-corrected chi connectivity index (χ2v) is 10.2. The number of nitrogens with zero attached hydrogens (tertiary/aromatic N) is 2. The minimum atomic E-state index is -0.646. The Hall–Kier alpha value is -4.97. The van der Waals surface area contributed by atoms with Gasteiger partial charge in [0.25, 0.3) is 11.8 Å². The average molecular weight is 545 g/mol. The van der Waals surface area contributed by atoms with Gasteiger partial charge in [-0.3, -0.25) is 14.7 Å². The number of amides is 3. The first-order chi connectivity index (χ1) is 18.7. The van der Waals surface area contributed by atoms with E-state index >= 15 is 0 Å². The number of fused-ring (bicyclic) bond motifs is 1. The predicted molar refractivity (Wildman–Crippen MR) is 146 cm³/mol. The highest BCUT2D eigenvalue weighted by molar-refractivity contribution is 7.20. The Morgan fingerprint density at radius 1 is 0.974 bits per heavy atom. The van der Waals surface area contributed by atoms with Gasteiger partial charge in [-0.15, -0.1) is 0 Å². The highest BCUT2D eigenvalue weighted by Crippen LogP contribution is 2.35. The summed E-state index contributed by atoms with van der Waals surface area (Å²) < 4.78 is 10.5. The molecule has 0 atom stereocenters. The topological polar surface area (TPSA) is 151 Å². The van der Waals surface area contributed by atoms with Gasteiger partial charge in [-0.2, -0.15) is 5.10 Å². The summed E-state index contributed by atoms with van der Waals surface area (Å²) in [6, 6.07) is 17.8. The fraction of sp³-hybridized carbons (Fsp3) is 0.148. The van der Waals surface area contributed by atoms with Crippen molar-refractivity contribution in [1.82, 2.24) is 20.7 Å². The number of benzene rings is 2. The van der Waals surface area contributed by atoms with Gasteiger partial charge >= 0.3 is 6.09 Å². The summed E-state index contributed by atoms with van der Waals surface area (Å²) in [5.41, 5.74) is 1.08. The standard InChI is InChI=1S/C27H24N6O5S/c1-15-19(14-28-38-15)24(35)29-20-12-8-7-11-17(20)23(34)30-22-18-13-21(39-25(18)33-32-22)37-26(36)31-27(2,3)16-9-5-4-6-10-16/h4-14H,1-3H3,(H,29,35)(H,31,36)(H2,30,32,33,34). The Balaban J connectivity index is 1.28. The van der Waals surface area contributed by atoms with Crippen LogP contribution in [0.15, 0.2) is 71.4 Å². The first-order valence-corrected chi connectivity index (χ1v) is 12.7. The fourth-order valence-corrected chi connectivity index (χ4v) is 4.76. The summed E-state index contributed by atoms with van der Waals surface area (Å²) in [5.74, 6) is -0.329. The quantitative estimate of drug-likeness (QED) is 0.213. The number of aromatic amines is 1. The molecule has 0 spiro atoms. The number of nitrogens with one attached hydrogen (secondary N) is 4. The number of aryl methyl sites for hydroxylation is 1. The minimum absolute atomic E-state index is 0.227. The number of carbonyl (C=O) groups is 3. The number of aromatic nitrogens is 3. The molecule has 39 heavy (non-hydrogen) atoms. The number of thiophene rings is 1. The van der Waals surface area contributed by atoms with E-state index in [1.165, 1.54) is 17.5 Å². The molecule has 4 N–H and O–H groups in total. The molecular weight excluding hydrogens is 520 g/mol. The van der Waals surface area contributed by atoms with Gasteiger partial charge in [-0.05, 0) is 38.5 Å². The Bertz CT molecular complexity index is 1670. The van der Waals surface area contributed by atoms with Gasteiger partial charge in [0.2, 0.25) is 0 Å². The number of carbonyl (C=O) groups excluding carboxylic acids is 3. The van der Waals surface area contributed by atoms with Crippen molar-refractivity contribution in [2.75, 3.05) is 10.6 Å². The molecule has 5 rings (SSSR count). The van der Waals surface area contributed by atoms with Crippen LogP contribution in [0, 0.1) is 6.92 Å². The number of anilines is 2. The van der Waals surface area contributed by atoms with E-state index in [0.29, 0.717) is 26.7 Å². The molecule has 12 heteroatoms. The number of hydrogen-bond donors (Lipinski definition) is 4. The lowest BCUT2D eigenvalue weighted by Crippen LogP contribution is -2.42. The van der Waals surface area contributed by atoms with Crippen molar-refractivity contribution < 1.29 is 23.6 Å². The SMILES string of the molecule is Cc1oncc1C(=O)Nc1ccccc1C(=O)Nc1n[nH]c2sc(OC(=O)NC(C)(C)c3ccccc3)cc12. The minimum Gasteiger partial charge on any atom is -0.399 e. The van der Waals surface area contributed by atoms with Crippen LogP contribution in [0.5, 0.6) is 5.06 Å². The van der Waals surface area contributed by atoms with Gasteiger partial charge in [0.1, 0.15) is 16.2 Å². The molecule has 198 valence electrons. The van der Waals surface area contributed by atoms with Crippen LogP contribution in [0.3, 0.4) is 0 Å².